The van der Waals surface area contributed by atoms with Gasteiger partial charge in [0.2, 0.25) is 0 Å². The van der Waals surface area contributed by atoms with Gasteiger partial charge in [-0.2, -0.15) is 0 Å². The van der Waals surface area contributed by atoms with Crippen LogP contribution in [0.5, 0.6) is 0 Å². The Balaban J connectivity index is 2.20. The van der Waals surface area contributed by atoms with E-state index in [9.17, 15) is 10.1 Å². The van der Waals surface area contributed by atoms with Crippen molar-refractivity contribution in [2.24, 2.45) is 0 Å². The molecule has 0 aromatic heterocycles. The van der Waals surface area contributed by atoms with E-state index < -0.39 is 0 Å². The molecule has 0 N–H and O–H groups in total. The lowest BCUT2D eigenvalue weighted by Crippen LogP contribution is -2.10. The lowest BCUT2D eigenvalue weighted by Gasteiger charge is -2.11. The number of nitrogens with zero attached hydrogens (tertiary/aromatic N) is 2. The van der Waals surface area contributed by atoms with Gasteiger partial charge in [-0.1, -0.05) is 36.4 Å². The molecule has 110 valence electrons. The Morgan fingerprint density at radius 3 is 2.43 bits per heavy atom. The molecule has 0 fully saturated rings. The number of nitro benzene ring substituents is 1. The number of hydrogen-bond donors (Lipinski definition) is 0. The summed E-state index contributed by atoms with van der Waals surface area (Å²) in [6.07, 6.45) is 0. The first kappa shape index (κ1) is 15.5. The predicted octanol–water partition coefficient (Wildman–Crippen LogP) is 3.95. The van der Waals surface area contributed by atoms with Crippen LogP contribution in [0.2, 0.25) is 0 Å². The van der Waals surface area contributed by atoms with E-state index in [-0.39, 0.29) is 10.6 Å². The number of nitro groups is 1. The second kappa shape index (κ2) is 7.24. The third-order valence-corrected chi connectivity index (χ3v) is 4.07. The van der Waals surface area contributed by atoms with Crippen LogP contribution in [-0.2, 0) is 12.3 Å². The van der Waals surface area contributed by atoms with Gasteiger partial charge in [-0.15, -0.1) is 11.8 Å². The molecule has 5 heteroatoms. The molecule has 0 spiro atoms. The predicted molar refractivity (Wildman–Crippen MR) is 86.5 cm³/mol. The summed E-state index contributed by atoms with van der Waals surface area (Å²) >= 11 is 1.51. The molecule has 0 aliphatic carbocycles. The van der Waals surface area contributed by atoms with Gasteiger partial charge in [0.25, 0.3) is 5.69 Å². The van der Waals surface area contributed by atoms with E-state index in [0.29, 0.717) is 0 Å². The Kier molecular flexibility index (Phi) is 5.36. The Morgan fingerprint density at radius 1 is 1.10 bits per heavy atom. The van der Waals surface area contributed by atoms with Gasteiger partial charge in [0.1, 0.15) is 0 Å². The maximum Gasteiger partial charge on any atom is 0.282 e. The summed E-state index contributed by atoms with van der Waals surface area (Å²) in [6.45, 7) is 0.775. The molecule has 0 aliphatic rings. The van der Waals surface area contributed by atoms with Crippen LogP contribution in [0.25, 0.3) is 0 Å². The van der Waals surface area contributed by atoms with E-state index in [2.05, 4.69) is 0 Å². The van der Waals surface area contributed by atoms with E-state index in [1.807, 2.05) is 61.5 Å². The smallest absolute Gasteiger partial charge is 0.282 e. The van der Waals surface area contributed by atoms with Crippen molar-refractivity contribution in [1.82, 2.24) is 4.90 Å². The largest absolute Gasteiger partial charge is 0.305 e. The van der Waals surface area contributed by atoms with Gasteiger partial charge in [0.05, 0.1) is 9.82 Å². The molecule has 0 heterocycles. The molecule has 0 amide bonds. The molecule has 0 aliphatic heterocycles. The van der Waals surface area contributed by atoms with Crippen molar-refractivity contribution in [3.63, 3.8) is 0 Å². The highest BCUT2D eigenvalue weighted by Crippen LogP contribution is 2.32. The highest BCUT2D eigenvalue weighted by Gasteiger charge is 2.15. The van der Waals surface area contributed by atoms with E-state index in [1.54, 1.807) is 6.07 Å². The fourth-order valence-electron chi connectivity index (χ4n) is 2.02. The van der Waals surface area contributed by atoms with Crippen LogP contribution in [0.15, 0.2) is 53.4 Å². The van der Waals surface area contributed by atoms with Crippen LogP contribution in [0.1, 0.15) is 11.1 Å². The zero-order chi connectivity index (χ0) is 15.2. The summed E-state index contributed by atoms with van der Waals surface area (Å²) in [7, 11) is 3.97. The zero-order valence-corrected chi connectivity index (χ0v) is 13.0. The van der Waals surface area contributed by atoms with Crippen LogP contribution >= 0.6 is 11.8 Å². The van der Waals surface area contributed by atoms with Gasteiger partial charge in [-0.05, 0) is 31.3 Å². The minimum absolute atomic E-state index is 0.179. The van der Waals surface area contributed by atoms with Crippen LogP contribution in [-0.4, -0.2) is 23.9 Å². The molecule has 2 aromatic carbocycles. The lowest BCUT2D eigenvalue weighted by atomic mass is 10.2. The maximum atomic E-state index is 11.1. The highest BCUT2D eigenvalue weighted by molar-refractivity contribution is 7.98. The van der Waals surface area contributed by atoms with Crippen molar-refractivity contribution in [1.29, 1.82) is 0 Å². The first-order chi connectivity index (χ1) is 10.1. The Hall–Kier alpha value is -1.85. The van der Waals surface area contributed by atoms with E-state index in [1.165, 1.54) is 11.8 Å². The fourth-order valence-corrected chi connectivity index (χ4v) is 3.06. The van der Waals surface area contributed by atoms with Gasteiger partial charge in [0.15, 0.2) is 0 Å². The molecule has 2 rings (SSSR count). The summed E-state index contributed by atoms with van der Waals surface area (Å²) in [5.41, 5.74) is 2.43. The van der Waals surface area contributed by atoms with Crippen LogP contribution in [0.4, 0.5) is 5.69 Å². The number of hydrogen-bond acceptors (Lipinski definition) is 4. The van der Waals surface area contributed by atoms with Gasteiger partial charge >= 0.3 is 0 Å². The van der Waals surface area contributed by atoms with Crippen molar-refractivity contribution in [2.75, 3.05) is 14.1 Å². The minimum Gasteiger partial charge on any atom is -0.305 e. The second-order valence-corrected chi connectivity index (χ2v) is 6.09. The molecule has 0 radical (unpaired) electrons. The van der Waals surface area contributed by atoms with Crippen LogP contribution in [0.3, 0.4) is 0 Å². The quantitative estimate of drug-likeness (QED) is 0.460. The summed E-state index contributed by atoms with van der Waals surface area (Å²) in [5, 5.41) is 11.1. The normalized spacial score (nSPS) is 10.8. The molecular formula is C16H18N2O2S. The molecule has 0 unspecified atom stereocenters. The van der Waals surface area contributed by atoms with Gasteiger partial charge in [-0.3, -0.25) is 10.1 Å². The van der Waals surface area contributed by atoms with Gasteiger partial charge < -0.3 is 4.90 Å². The first-order valence-corrected chi connectivity index (χ1v) is 7.63. The van der Waals surface area contributed by atoms with Crippen molar-refractivity contribution >= 4 is 17.4 Å². The van der Waals surface area contributed by atoms with E-state index >= 15 is 0 Å². The Morgan fingerprint density at radius 2 is 1.81 bits per heavy atom. The van der Waals surface area contributed by atoms with Crippen LogP contribution in [0, 0.1) is 10.1 Å². The van der Waals surface area contributed by atoms with Gasteiger partial charge in [0, 0.05) is 18.4 Å². The topological polar surface area (TPSA) is 46.4 Å². The fraction of sp³-hybridized carbons (Fsp3) is 0.250. The third kappa shape index (κ3) is 4.58. The summed E-state index contributed by atoms with van der Waals surface area (Å²) in [6, 6.07) is 15.3. The molecule has 21 heavy (non-hydrogen) atoms. The van der Waals surface area contributed by atoms with Crippen LogP contribution < -0.4 is 0 Å². The van der Waals surface area contributed by atoms with E-state index in [4.69, 9.17) is 0 Å². The molecular weight excluding hydrogens is 284 g/mol. The molecule has 4 nitrogen and oxygen atoms in total. The monoisotopic (exact) mass is 302 g/mol. The second-order valence-electron chi connectivity index (χ2n) is 5.07. The van der Waals surface area contributed by atoms with Crippen molar-refractivity contribution in [2.45, 2.75) is 17.2 Å². The van der Waals surface area contributed by atoms with Gasteiger partial charge in [-0.25, -0.2) is 0 Å². The van der Waals surface area contributed by atoms with Crippen molar-refractivity contribution in [3.8, 4) is 0 Å². The van der Waals surface area contributed by atoms with E-state index in [0.717, 1.165) is 28.3 Å². The minimum atomic E-state index is -0.313. The lowest BCUT2D eigenvalue weighted by molar-refractivity contribution is -0.387. The summed E-state index contributed by atoms with van der Waals surface area (Å²) in [5.74, 6) is 0.729. The van der Waals surface area contributed by atoms with Crippen molar-refractivity contribution in [3.05, 3.63) is 69.8 Å². The third-order valence-electron chi connectivity index (χ3n) is 2.96. The highest BCUT2D eigenvalue weighted by atomic mass is 32.2. The SMILES string of the molecule is CN(C)Cc1ccc([N+](=O)[O-])c(SCc2ccccc2)c1. The number of thioether (sulfide) groups is 1. The standard InChI is InChI=1S/C16H18N2O2S/c1-17(2)11-14-8-9-15(18(19)20)16(10-14)21-12-13-6-4-3-5-7-13/h3-10H,11-12H2,1-2H3. The molecule has 0 atom stereocenters. The molecule has 0 saturated carbocycles. The zero-order valence-electron chi connectivity index (χ0n) is 12.2. The Bertz CT molecular complexity index is 615. The molecule has 2 aromatic rings. The first-order valence-electron chi connectivity index (χ1n) is 6.65. The maximum absolute atomic E-state index is 11.1. The summed E-state index contributed by atoms with van der Waals surface area (Å²) < 4.78 is 0. The number of benzene rings is 2. The van der Waals surface area contributed by atoms with Crippen molar-refractivity contribution < 1.29 is 4.92 Å². The molecule has 0 saturated heterocycles. The number of rotatable bonds is 6. The average molecular weight is 302 g/mol. The summed E-state index contributed by atoms with van der Waals surface area (Å²) in [4.78, 5) is 13.6. The average Bonchev–Trinajstić information content (AvgIpc) is 2.45. The Labute approximate surface area is 128 Å². The molecule has 0 bridgehead atoms.